The van der Waals surface area contributed by atoms with E-state index in [-0.39, 0.29) is 18.2 Å². The number of hydrogen-bond acceptors (Lipinski definition) is 4. The molecule has 1 unspecified atom stereocenters. The molecule has 0 saturated carbocycles. The second-order valence-corrected chi connectivity index (χ2v) is 6.84. The molecule has 0 fully saturated rings. The monoisotopic (exact) mass is 310 g/mol. The van der Waals surface area contributed by atoms with Gasteiger partial charge in [0, 0.05) is 38.6 Å². The number of ether oxygens (including phenoxy) is 1. The fraction of sp³-hybridized carbons (Fsp3) is 0.750. The minimum atomic E-state index is -0.474. The highest BCUT2D eigenvalue weighted by Gasteiger charge is 2.24. The van der Waals surface area contributed by atoms with Gasteiger partial charge in [-0.25, -0.2) is 9.78 Å². The van der Waals surface area contributed by atoms with E-state index in [1.165, 1.54) is 0 Å². The Morgan fingerprint density at radius 2 is 2.05 bits per heavy atom. The molecule has 1 N–H and O–H groups in total. The average molecular weight is 310 g/mol. The van der Waals surface area contributed by atoms with Crippen molar-refractivity contribution in [1.29, 1.82) is 0 Å². The van der Waals surface area contributed by atoms with Crippen molar-refractivity contribution in [3.05, 3.63) is 18.2 Å². The Morgan fingerprint density at radius 1 is 1.41 bits per heavy atom. The van der Waals surface area contributed by atoms with Crippen LogP contribution in [0.25, 0.3) is 0 Å². The van der Waals surface area contributed by atoms with Crippen LogP contribution < -0.4 is 5.32 Å². The Balaban J connectivity index is 2.51. The zero-order valence-corrected chi connectivity index (χ0v) is 14.9. The lowest BCUT2D eigenvalue weighted by Gasteiger charge is -2.30. The third-order valence-corrected chi connectivity index (χ3v) is 3.30. The van der Waals surface area contributed by atoms with Gasteiger partial charge in [-0.2, -0.15) is 0 Å². The molecule has 0 saturated heterocycles. The lowest BCUT2D eigenvalue weighted by molar-refractivity contribution is 0.0192. The van der Waals surface area contributed by atoms with Gasteiger partial charge < -0.3 is 19.5 Å². The van der Waals surface area contributed by atoms with Crippen molar-refractivity contribution in [3.8, 4) is 0 Å². The van der Waals surface area contributed by atoms with Crippen molar-refractivity contribution >= 4 is 6.09 Å². The number of aryl methyl sites for hydroxylation is 1. The molecule has 0 aliphatic carbocycles. The molecule has 0 radical (unpaired) electrons. The molecular weight excluding hydrogens is 280 g/mol. The highest BCUT2D eigenvalue weighted by atomic mass is 16.6. The molecular formula is C16H30N4O2. The first kappa shape index (κ1) is 18.5. The summed E-state index contributed by atoms with van der Waals surface area (Å²) >= 11 is 0. The molecule has 0 bridgehead atoms. The van der Waals surface area contributed by atoms with Crippen molar-refractivity contribution in [3.63, 3.8) is 0 Å². The van der Waals surface area contributed by atoms with E-state index in [0.29, 0.717) is 13.1 Å². The minimum Gasteiger partial charge on any atom is -0.444 e. The number of aromatic nitrogens is 2. The summed E-state index contributed by atoms with van der Waals surface area (Å²) in [6.45, 7) is 13.0. The number of amides is 1. The number of hydrogen-bond donors (Lipinski definition) is 1. The fourth-order valence-electron chi connectivity index (χ4n) is 2.17. The van der Waals surface area contributed by atoms with E-state index in [1.54, 1.807) is 11.1 Å². The Hall–Kier alpha value is -1.56. The Bertz CT molecular complexity index is 477. The van der Waals surface area contributed by atoms with Crippen molar-refractivity contribution < 1.29 is 9.53 Å². The number of carbonyl (C=O) groups is 1. The van der Waals surface area contributed by atoms with E-state index >= 15 is 0 Å². The van der Waals surface area contributed by atoms with Crippen LogP contribution in [0.4, 0.5) is 4.79 Å². The van der Waals surface area contributed by atoms with Gasteiger partial charge in [0.2, 0.25) is 0 Å². The molecule has 22 heavy (non-hydrogen) atoms. The Morgan fingerprint density at radius 3 is 2.50 bits per heavy atom. The summed E-state index contributed by atoms with van der Waals surface area (Å²) in [5.74, 6) is 0.980. The van der Waals surface area contributed by atoms with Gasteiger partial charge in [0.05, 0.1) is 6.04 Å². The fourth-order valence-corrected chi connectivity index (χ4v) is 2.17. The molecule has 1 atom stereocenters. The van der Waals surface area contributed by atoms with E-state index in [4.69, 9.17) is 4.74 Å². The van der Waals surface area contributed by atoms with E-state index < -0.39 is 5.60 Å². The predicted octanol–water partition coefficient (Wildman–Crippen LogP) is 2.72. The first-order valence-electron chi connectivity index (χ1n) is 7.82. The second-order valence-electron chi connectivity index (χ2n) is 6.84. The molecule has 0 spiro atoms. The molecule has 0 aromatic carbocycles. The molecule has 0 aliphatic heterocycles. The number of nitrogens with zero attached hydrogens (tertiary/aromatic N) is 3. The molecule has 1 aromatic heterocycles. The van der Waals surface area contributed by atoms with Crippen molar-refractivity contribution in [2.24, 2.45) is 7.05 Å². The summed E-state index contributed by atoms with van der Waals surface area (Å²) < 4.78 is 7.44. The van der Waals surface area contributed by atoms with Crippen LogP contribution in [-0.2, 0) is 11.8 Å². The predicted molar refractivity (Wildman–Crippen MR) is 87.7 cm³/mol. The van der Waals surface area contributed by atoms with Crippen LogP contribution in [0.5, 0.6) is 0 Å². The molecule has 1 rings (SSSR count). The van der Waals surface area contributed by atoms with Gasteiger partial charge in [-0.3, -0.25) is 0 Å². The molecule has 1 heterocycles. The van der Waals surface area contributed by atoms with E-state index in [0.717, 1.165) is 5.82 Å². The first-order valence-corrected chi connectivity index (χ1v) is 7.82. The number of imidazole rings is 1. The summed E-state index contributed by atoms with van der Waals surface area (Å²) in [4.78, 5) is 18.3. The standard InChI is InChI=1S/C16H30N4O2/c1-12(2)20(15(21)22-16(4,5)6)11-9-17-13(3)14-18-8-10-19(14)7/h8,10,12-13,17H,9,11H2,1-7H3. The smallest absolute Gasteiger partial charge is 0.410 e. The second kappa shape index (κ2) is 7.63. The van der Waals surface area contributed by atoms with Gasteiger partial charge in [-0.1, -0.05) is 0 Å². The largest absolute Gasteiger partial charge is 0.444 e. The molecule has 126 valence electrons. The first-order chi connectivity index (χ1) is 10.1. The van der Waals surface area contributed by atoms with Gasteiger partial charge >= 0.3 is 6.09 Å². The SMILES string of the molecule is CC(NCCN(C(=O)OC(C)(C)C)C(C)C)c1nccn1C. The summed E-state index contributed by atoms with van der Waals surface area (Å²) in [7, 11) is 1.97. The zero-order chi connectivity index (χ0) is 16.9. The highest BCUT2D eigenvalue weighted by Crippen LogP contribution is 2.12. The lowest BCUT2D eigenvalue weighted by Crippen LogP contribution is -2.44. The zero-order valence-electron chi connectivity index (χ0n) is 14.9. The highest BCUT2D eigenvalue weighted by molar-refractivity contribution is 5.68. The lowest BCUT2D eigenvalue weighted by atomic mass is 10.2. The van der Waals surface area contributed by atoms with Gasteiger partial charge in [-0.15, -0.1) is 0 Å². The maximum atomic E-state index is 12.2. The summed E-state index contributed by atoms with van der Waals surface area (Å²) in [5.41, 5.74) is -0.474. The van der Waals surface area contributed by atoms with E-state index in [9.17, 15) is 4.79 Å². The molecule has 6 heteroatoms. The van der Waals surface area contributed by atoms with Crippen LogP contribution in [-0.4, -0.2) is 45.3 Å². The average Bonchev–Trinajstić information content (AvgIpc) is 2.77. The Kier molecular flexibility index (Phi) is 6.41. The van der Waals surface area contributed by atoms with Gasteiger partial charge in [0.15, 0.2) is 0 Å². The molecule has 1 amide bonds. The minimum absolute atomic E-state index is 0.0973. The third kappa shape index (κ3) is 5.67. The van der Waals surface area contributed by atoms with Crippen LogP contribution in [0.15, 0.2) is 12.4 Å². The van der Waals surface area contributed by atoms with E-state index in [2.05, 4.69) is 17.2 Å². The van der Waals surface area contributed by atoms with Crippen LogP contribution in [0.3, 0.4) is 0 Å². The van der Waals surface area contributed by atoms with E-state index in [1.807, 2.05) is 52.4 Å². The maximum Gasteiger partial charge on any atom is 0.410 e. The number of nitrogens with one attached hydrogen (secondary N) is 1. The van der Waals surface area contributed by atoms with Crippen molar-refractivity contribution in [2.45, 2.75) is 59.2 Å². The number of carbonyl (C=O) groups excluding carboxylic acids is 1. The summed E-state index contributed by atoms with van der Waals surface area (Å²) in [6.07, 6.45) is 3.44. The van der Waals surface area contributed by atoms with Crippen molar-refractivity contribution in [2.75, 3.05) is 13.1 Å². The summed E-state index contributed by atoms with van der Waals surface area (Å²) in [6, 6.07) is 0.229. The number of rotatable bonds is 6. The molecule has 1 aromatic rings. The normalized spacial score (nSPS) is 13.3. The van der Waals surface area contributed by atoms with Crippen LogP contribution in [0.1, 0.15) is 53.4 Å². The van der Waals surface area contributed by atoms with Crippen molar-refractivity contribution in [1.82, 2.24) is 19.8 Å². The van der Waals surface area contributed by atoms with Gasteiger partial charge in [0.25, 0.3) is 0 Å². The topological polar surface area (TPSA) is 59.4 Å². The molecule has 0 aliphatic rings. The summed E-state index contributed by atoms with van der Waals surface area (Å²) in [5, 5.41) is 3.40. The maximum absolute atomic E-state index is 12.2. The van der Waals surface area contributed by atoms with Crippen LogP contribution in [0, 0.1) is 0 Å². The molecule has 6 nitrogen and oxygen atoms in total. The Labute approximate surface area is 133 Å². The third-order valence-electron chi connectivity index (χ3n) is 3.30. The van der Waals surface area contributed by atoms with Gasteiger partial charge in [0.1, 0.15) is 11.4 Å². The quantitative estimate of drug-likeness (QED) is 0.877. The van der Waals surface area contributed by atoms with Crippen LogP contribution in [0.2, 0.25) is 0 Å². The van der Waals surface area contributed by atoms with Crippen LogP contribution >= 0.6 is 0 Å². The van der Waals surface area contributed by atoms with Gasteiger partial charge in [-0.05, 0) is 41.5 Å².